The van der Waals surface area contributed by atoms with Crippen molar-refractivity contribution in [1.29, 1.82) is 0 Å². The molecule has 0 radical (unpaired) electrons. The van der Waals surface area contributed by atoms with E-state index in [0.717, 1.165) is 0 Å². The molecule has 0 atom stereocenters. The van der Waals surface area contributed by atoms with Crippen LogP contribution in [0, 0.1) is 0 Å². The number of imidazole rings is 1. The van der Waals surface area contributed by atoms with Crippen LogP contribution in [0.2, 0.25) is 0 Å². The summed E-state index contributed by atoms with van der Waals surface area (Å²) in [5, 5.41) is 6.77. The van der Waals surface area contributed by atoms with Crippen molar-refractivity contribution in [3.63, 3.8) is 0 Å². The Morgan fingerprint density at radius 3 is 2.62 bits per heavy atom. The Morgan fingerprint density at radius 2 is 2.07 bits per heavy atom. The van der Waals surface area contributed by atoms with Gasteiger partial charge < -0.3 is 9.40 Å². The molecule has 1 aliphatic rings. The van der Waals surface area contributed by atoms with Gasteiger partial charge in [-0.15, -0.1) is 10.2 Å². The molecule has 0 aliphatic heterocycles. The van der Waals surface area contributed by atoms with E-state index in [0.29, 0.717) is 18.4 Å². The first-order valence-electron chi connectivity index (χ1n) is 8.69. The lowest BCUT2D eigenvalue weighted by Gasteiger charge is -2.15. The second-order valence-electron chi connectivity index (χ2n) is 6.77. The first-order chi connectivity index (χ1) is 13.7. The monoisotopic (exact) mass is 431 g/mol. The number of halogens is 3. The molecular formula is C16H16F3N5O4S. The molecule has 0 bridgehead atoms. The number of alkyl halides is 3. The van der Waals surface area contributed by atoms with Crippen molar-refractivity contribution in [2.45, 2.75) is 43.2 Å². The summed E-state index contributed by atoms with van der Waals surface area (Å²) in [6.07, 6.45) is -2.40. The van der Waals surface area contributed by atoms with E-state index in [1.165, 1.54) is 16.7 Å². The molecule has 0 spiro atoms. The summed E-state index contributed by atoms with van der Waals surface area (Å²) in [7, 11) is -4.30. The number of benzene rings is 1. The Bertz CT molecular complexity index is 1240. The van der Waals surface area contributed by atoms with Gasteiger partial charge in [-0.05, 0) is 31.9 Å². The van der Waals surface area contributed by atoms with Gasteiger partial charge in [0.25, 0.3) is 11.8 Å². The number of H-pyrrole nitrogens is 1. The van der Waals surface area contributed by atoms with Gasteiger partial charge >= 0.3 is 12.1 Å². The third-order valence-electron chi connectivity index (χ3n) is 4.82. The minimum Gasteiger partial charge on any atom is -0.415 e. The number of hydrogen-bond donors (Lipinski definition) is 2. The van der Waals surface area contributed by atoms with Crippen molar-refractivity contribution in [3.05, 3.63) is 28.5 Å². The zero-order chi connectivity index (χ0) is 21.0. The first-order valence-corrected chi connectivity index (χ1v) is 10.2. The van der Waals surface area contributed by atoms with Crippen LogP contribution >= 0.6 is 0 Å². The van der Waals surface area contributed by atoms with E-state index < -0.39 is 51.0 Å². The maximum Gasteiger partial charge on any atom is 0.326 e. The number of nitrogens with zero attached hydrogens (tertiary/aromatic N) is 3. The summed E-state index contributed by atoms with van der Waals surface area (Å²) in [5.41, 5.74) is -1.57. The van der Waals surface area contributed by atoms with Crippen LogP contribution in [0.25, 0.3) is 22.5 Å². The van der Waals surface area contributed by atoms with Crippen molar-refractivity contribution in [3.8, 4) is 11.5 Å². The van der Waals surface area contributed by atoms with E-state index in [9.17, 15) is 26.4 Å². The lowest BCUT2D eigenvalue weighted by Crippen LogP contribution is -2.38. The molecule has 2 aromatic heterocycles. The van der Waals surface area contributed by atoms with Crippen molar-refractivity contribution >= 4 is 21.1 Å². The molecule has 0 unspecified atom stereocenters. The molecule has 2 N–H and O–H groups in total. The molecule has 0 amide bonds. The summed E-state index contributed by atoms with van der Waals surface area (Å²) >= 11 is 0. The Morgan fingerprint density at radius 1 is 1.34 bits per heavy atom. The van der Waals surface area contributed by atoms with Crippen LogP contribution in [0.5, 0.6) is 0 Å². The maximum absolute atomic E-state index is 13.2. The van der Waals surface area contributed by atoms with E-state index in [1.807, 2.05) is 0 Å². The molecule has 0 saturated heterocycles. The highest BCUT2D eigenvalue weighted by molar-refractivity contribution is 7.89. The van der Waals surface area contributed by atoms with Crippen LogP contribution in [0.3, 0.4) is 0 Å². The first kappa shape index (κ1) is 19.6. The smallest absolute Gasteiger partial charge is 0.326 e. The quantitative estimate of drug-likeness (QED) is 0.591. The van der Waals surface area contributed by atoms with Crippen LogP contribution in [0.1, 0.15) is 32.1 Å². The predicted molar refractivity (Wildman–Crippen MR) is 94.7 cm³/mol. The molecule has 2 heterocycles. The van der Waals surface area contributed by atoms with Gasteiger partial charge in [-0.2, -0.15) is 8.78 Å². The lowest BCUT2D eigenvalue weighted by atomic mass is 10.2. The standard InChI is InChI=1S/C16H16F3N5O4S/c1-2-24-8-3-4-9(29(26,27)23-16(7-17)5-6-16)10(11(8)20-15(24)25)13-21-22-14(28-13)12(18)19/h3-4,12,23H,2,5-7H2,1H3,(H,20,25). The van der Waals surface area contributed by atoms with Crippen molar-refractivity contribution in [2.75, 3.05) is 6.67 Å². The summed E-state index contributed by atoms with van der Waals surface area (Å²) in [4.78, 5) is 14.3. The van der Waals surface area contributed by atoms with E-state index in [1.54, 1.807) is 6.92 Å². The minimum atomic E-state index is -4.30. The number of rotatable bonds is 7. The van der Waals surface area contributed by atoms with Crippen LogP contribution in [-0.4, -0.2) is 40.4 Å². The van der Waals surface area contributed by atoms with Gasteiger partial charge in [0.2, 0.25) is 10.0 Å². The Labute approximate surface area is 162 Å². The Balaban J connectivity index is 1.98. The Hall–Kier alpha value is -2.67. The van der Waals surface area contributed by atoms with Gasteiger partial charge in [-0.25, -0.2) is 22.3 Å². The van der Waals surface area contributed by atoms with Crippen LogP contribution in [-0.2, 0) is 16.6 Å². The highest BCUT2D eigenvalue weighted by Crippen LogP contribution is 2.39. The van der Waals surface area contributed by atoms with Gasteiger partial charge in [-0.3, -0.25) is 4.57 Å². The molecule has 1 saturated carbocycles. The molecule has 1 fully saturated rings. The largest absolute Gasteiger partial charge is 0.415 e. The zero-order valence-corrected chi connectivity index (χ0v) is 15.9. The van der Waals surface area contributed by atoms with Crippen LogP contribution in [0.4, 0.5) is 13.2 Å². The summed E-state index contributed by atoms with van der Waals surface area (Å²) in [6.45, 7) is 1.10. The average Bonchev–Trinajstić information content (AvgIpc) is 3.12. The molecule has 3 aromatic rings. The van der Waals surface area contributed by atoms with Crippen LogP contribution in [0.15, 0.2) is 26.2 Å². The lowest BCUT2D eigenvalue weighted by molar-refractivity contribution is 0.116. The van der Waals surface area contributed by atoms with E-state index in [-0.39, 0.29) is 17.6 Å². The van der Waals surface area contributed by atoms with E-state index in [4.69, 9.17) is 4.42 Å². The molecule has 4 rings (SSSR count). The normalized spacial score (nSPS) is 16.0. The van der Waals surface area contributed by atoms with Crippen molar-refractivity contribution < 1.29 is 26.0 Å². The predicted octanol–water partition coefficient (Wildman–Crippen LogP) is 2.12. The third-order valence-corrected chi connectivity index (χ3v) is 6.44. The number of aryl methyl sites for hydroxylation is 1. The van der Waals surface area contributed by atoms with Gasteiger partial charge in [0.1, 0.15) is 6.67 Å². The van der Waals surface area contributed by atoms with Gasteiger partial charge in [0.05, 0.1) is 27.0 Å². The molecular weight excluding hydrogens is 415 g/mol. The number of hydrogen-bond acceptors (Lipinski definition) is 6. The number of sulfonamides is 1. The summed E-state index contributed by atoms with van der Waals surface area (Å²) in [6, 6.07) is 2.59. The second kappa shape index (κ2) is 6.69. The fourth-order valence-electron chi connectivity index (χ4n) is 3.14. The van der Waals surface area contributed by atoms with E-state index >= 15 is 0 Å². The molecule has 1 aliphatic carbocycles. The molecule has 13 heteroatoms. The maximum atomic E-state index is 13.2. The topological polar surface area (TPSA) is 123 Å². The highest BCUT2D eigenvalue weighted by Gasteiger charge is 2.47. The molecule has 9 nitrogen and oxygen atoms in total. The van der Waals surface area contributed by atoms with Crippen LogP contribution < -0.4 is 10.4 Å². The van der Waals surface area contributed by atoms with Crippen molar-refractivity contribution in [2.24, 2.45) is 0 Å². The van der Waals surface area contributed by atoms with E-state index in [2.05, 4.69) is 19.9 Å². The number of aromatic amines is 1. The SMILES string of the molecule is CCn1c(=O)[nH]c2c(-c3nnc(C(F)F)o3)c(S(=O)(=O)NC3(CF)CC3)ccc21. The summed E-state index contributed by atoms with van der Waals surface area (Å²) in [5.74, 6) is -1.49. The van der Waals surface area contributed by atoms with Gasteiger partial charge in [0, 0.05) is 6.54 Å². The van der Waals surface area contributed by atoms with Gasteiger partial charge in [0.15, 0.2) is 0 Å². The fraction of sp³-hybridized carbons (Fsp3) is 0.438. The molecule has 156 valence electrons. The second-order valence-corrected chi connectivity index (χ2v) is 8.42. The molecule has 29 heavy (non-hydrogen) atoms. The zero-order valence-electron chi connectivity index (χ0n) is 15.1. The van der Waals surface area contributed by atoms with Gasteiger partial charge in [-0.1, -0.05) is 0 Å². The third kappa shape index (κ3) is 3.23. The summed E-state index contributed by atoms with van der Waals surface area (Å²) < 4.78 is 73.6. The minimum absolute atomic E-state index is 0.0364. The number of fused-ring (bicyclic) bond motifs is 1. The number of nitrogens with one attached hydrogen (secondary N) is 2. The Kier molecular flexibility index (Phi) is 4.53. The number of aromatic nitrogens is 4. The molecule has 1 aromatic carbocycles. The van der Waals surface area contributed by atoms with Crippen molar-refractivity contribution in [1.82, 2.24) is 24.5 Å². The highest BCUT2D eigenvalue weighted by atomic mass is 32.2. The average molecular weight is 431 g/mol. The fourth-order valence-corrected chi connectivity index (χ4v) is 4.78.